The van der Waals surface area contributed by atoms with Gasteiger partial charge < -0.3 is 5.32 Å². The molecule has 0 spiro atoms. The predicted molar refractivity (Wildman–Crippen MR) is 111 cm³/mol. The average molecular weight is 401 g/mol. The average Bonchev–Trinajstić information content (AvgIpc) is 3.49. The summed E-state index contributed by atoms with van der Waals surface area (Å²) in [6, 6.07) is 16.9. The molecular formula is C20H15N7OS. The van der Waals surface area contributed by atoms with E-state index in [4.69, 9.17) is 0 Å². The molecule has 0 aliphatic rings. The molecule has 0 bridgehead atoms. The molecule has 0 saturated heterocycles. The summed E-state index contributed by atoms with van der Waals surface area (Å²) < 4.78 is 1.69. The van der Waals surface area contributed by atoms with Gasteiger partial charge in [0.25, 0.3) is 5.91 Å². The number of rotatable bonds is 4. The van der Waals surface area contributed by atoms with Crippen molar-refractivity contribution in [2.45, 2.75) is 6.92 Å². The highest BCUT2D eigenvalue weighted by Gasteiger charge is 2.13. The number of anilines is 1. The fourth-order valence-electron chi connectivity index (χ4n) is 3.00. The van der Waals surface area contributed by atoms with Gasteiger partial charge in [-0.05, 0) is 48.7 Å². The smallest absolute Gasteiger partial charge is 0.276 e. The molecule has 8 nitrogen and oxygen atoms in total. The lowest BCUT2D eigenvalue weighted by molar-refractivity contribution is 0.102. The van der Waals surface area contributed by atoms with E-state index in [9.17, 15) is 4.79 Å². The first-order valence-corrected chi connectivity index (χ1v) is 9.75. The molecule has 0 saturated carbocycles. The number of aromatic nitrogens is 6. The summed E-state index contributed by atoms with van der Waals surface area (Å²) in [5, 5.41) is 24.6. The Morgan fingerprint density at radius 2 is 2.03 bits per heavy atom. The van der Waals surface area contributed by atoms with Crippen LogP contribution in [0, 0.1) is 6.92 Å². The molecular weight excluding hydrogens is 386 g/mol. The van der Waals surface area contributed by atoms with Gasteiger partial charge in [0.05, 0.1) is 16.3 Å². The molecule has 9 heteroatoms. The second-order valence-electron chi connectivity index (χ2n) is 6.41. The summed E-state index contributed by atoms with van der Waals surface area (Å²) in [6.45, 7) is 1.85. The van der Waals surface area contributed by atoms with Crippen molar-refractivity contribution in [1.82, 2.24) is 30.0 Å². The number of amides is 1. The van der Waals surface area contributed by atoms with Crippen molar-refractivity contribution < 1.29 is 4.79 Å². The molecule has 5 rings (SSSR count). The SMILES string of the molecule is Cc1nnc2ccc(-c3cccc(NC(=O)c4cc(-c5cccs5)[nH]n4)c3)nn12. The fraction of sp³-hybridized carbons (Fsp3) is 0.0500. The molecule has 1 aromatic carbocycles. The van der Waals surface area contributed by atoms with Gasteiger partial charge in [-0.25, -0.2) is 0 Å². The monoisotopic (exact) mass is 401 g/mol. The third-order valence-corrected chi connectivity index (χ3v) is 5.34. The standard InChI is InChI=1S/C20H15N7OS/c1-12-22-25-19-8-7-15(26-27(12)19)13-4-2-5-14(10-13)21-20(28)17-11-16(23-24-17)18-6-3-9-29-18/h2-11H,1H3,(H,21,28)(H,23,24). The third-order valence-electron chi connectivity index (χ3n) is 4.43. The van der Waals surface area contributed by atoms with Gasteiger partial charge in [0, 0.05) is 11.3 Å². The lowest BCUT2D eigenvalue weighted by atomic mass is 10.1. The van der Waals surface area contributed by atoms with E-state index in [1.165, 1.54) is 0 Å². The maximum Gasteiger partial charge on any atom is 0.276 e. The number of H-pyrrole nitrogens is 1. The van der Waals surface area contributed by atoms with Gasteiger partial charge in [-0.1, -0.05) is 18.2 Å². The highest BCUT2D eigenvalue weighted by molar-refractivity contribution is 7.13. The molecule has 0 radical (unpaired) electrons. The Morgan fingerprint density at radius 3 is 2.90 bits per heavy atom. The van der Waals surface area contributed by atoms with E-state index >= 15 is 0 Å². The zero-order valence-electron chi connectivity index (χ0n) is 15.3. The minimum atomic E-state index is -0.278. The molecule has 5 aromatic rings. The summed E-state index contributed by atoms with van der Waals surface area (Å²) in [6.07, 6.45) is 0. The Labute approximate surface area is 169 Å². The zero-order chi connectivity index (χ0) is 19.8. The number of aromatic amines is 1. The van der Waals surface area contributed by atoms with Crippen LogP contribution in [0.1, 0.15) is 16.3 Å². The summed E-state index contributed by atoms with van der Waals surface area (Å²) >= 11 is 1.59. The first-order valence-electron chi connectivity index (χ1n) is 8.87. The van der Waals surface area contributed by atoms with E-state index in [1.54, 1.807) is 21.9 Å². The van der Waals surface area contributed by atoms with Crippen LogP contribution in [0.25, 0.3) is 27.5 Å². The van der Waals surface area contributed by atoms with Crippen molar-refractivity contribution in [3.05, 3.63) is 71.5 Å². The van der Waals surface area contributed by atoms with Crippen LogP contribution in [-0.4, -0.2) is 35.9 Å². The van der Waals surface area contributed by atoms with Gasteiger partial charge in [0.15, 0.2) is 17.2 Å². The Balaban J connectivity index is 1.39. The second-order valence-corrected chi connectivity index (χ2v) is 7.36. The zero-order valence-corrected chi connectivity index (χ0v) is 16.1. The van der Waals surface area contributed by atoms with Crippen molar-refractivity contribution in [2.24, 2.45) is 0 Å². The number of aryl methyl sites for hydroxylation is 1. The molecule has 142 valence electrons. The topological polar surface area (TPSA) is 101 Å². The van der Waals surface area contributed by atoms with Crippen molar-refractivity contribution in [3.8, 4) is 21.8 Å². The summed E-state index contributed by atoms with van der Waals surface area (Å²) in [5.41, 5.74) is 4.14. The normalized spacial score (nSPS) is 11.1. The van der Waals surface area contributed by atoms with Gasteiger partial charge in [0.1, 0.15) is 0 Å². The van der Waals surface area contributed by atoms with Gasteiger partial charge in [0.2, 0.25) is 0 Å². The van der Waals surface area contributed by atoms with Crippen LogP contribution >= 0.6 is 11.3 Å². The molecule has 0 unspecified atom stereocenters. The number of nitrogens with one attached hydrogen (secondary N) is 2. The van der Waals surface area contributed by atoms with Crippen molar-refractivity contribution in [1.29, 1.82) is 0 Å². The van der Waals surface area contributed by atoms with E-state index in [0.717, 1.165) is 21.8 Å². The quantitative estimate of drug-likeness (QED) is 0.477. The van der Waals surface area contributed by atoms with Gasteiger partial charge in [-0.2, -0.15) is 14.7 Å². The summed E-state index contributed by atoms with van der Waals surface area (Å²) in [4.78, 5) is 13.6. The van der Waals surface area contributed by atoms with Crippen LogP contribution in [0.5, 0.6) is 0 Å². The molecule has 4 heterocycles. The molecule has 4 aromatic heterocycles. The Morgan fingerprint density at radius 1 is 1.10 bits per heavy atom. The Hall–Kier alpha value is -3.85. The minimum absolute atomic E-state index is 0.278. The lowest BCUT2D eigenvalue weighted by Gasteiger charge is -2.06. The van der Waals surface area contributed by atoms with Crippen molar-refractivity contribution in [3.63, 3.8) is 0 Å². The van der Waals surface area contributed by atoms with Crippen LogP contribution in [0.2, 0.25) is 0 Å². The predicted octanol–water partition coefficient (Wildman–Crippen LogP) is 3.80. The number of benzene rings is 1. The Bertz CT molecular complexity index is 1320. The van der Waals surface area contributed by atoms with Crippen molar-refractivity contribution >= 4 is 28.6 Å². The van der Waals surface area contributed by atoms with E-state index in [1.807, 2.05) is 60.8 Å². The number of carbonyl (C=O) groups is 1. The molecule has 2 N–H and O–H groups in total. The third kappa shape index (κ3) is 3.27. The van der Waals surface area contributed by atoms with Gasteiger partial charge in [-0.15, -0.1) is 21.5 Å². The molecule has 0 aliphatic heterocycles. The molecule has 0 atom stereocenters. The first kappa shape index (κ1) is 17.3. The van der Waals surface area contributed by atoms with Crippen LogP contribution in [0.3, 0.4) is 0 Å². The molecule has 29 heavy (non-hydrogen) atoms. The minimum Gasteiger partial charge on any atom is -0.321 e. The van der Waals surface area contributed by atoms with Crippen LogP contribution < -0.4 is 5.32 Å². The molecule has 1 amide bonds. The highest BCUT2D eigenvalue weighted by atomic mass is 32.1. The van der Waals surface area contributed by atoms with E-state index in [0.29, 0.717) is 22.9 Å². The van der Waals surface area contributed by atoms with E-state index < -0.39 is 0 Å². The number of thiophene rings is 1. The highest BCUT2D eigenvalue weighted by Crippen LogP contribution is 2.24. The maximum absolute atomic E-state index is 12.6. The largest absolute Gasteiger partial charge is 0.321 e. The number of hydrogen-bond donors (Lipinski definition) is 2. The van der Waals surface area contributed by atoms with E-state index in [2.05, 4.69) is 30.8 Å². The molecule has 0 aliphatic carbocycles. The van der Waals surface area contributed by atoms with Crippen LogP contribution in [0.4, 0.5) is 5.69 Å². The number of hydrogen-bond acceptors (Lipinski definition) is 6. The fourth-order valence-corrected chi connectivity index (χ4v) is 3.69. The van der Waals surface area contributed by atoms with Gasteiger partial charge >= 0.3 is 0 Å². The maximum atomic E-state index is 12.6. The first-order chi connectivity index (χ1) is 14.2. The van der Waals surface area contributed by atoms with E-state index in [-0.39, 0.29) is 5.91 Å². The van der Waals surface area contributed by atoms with Crippen molar-refractivity contribution in [2.75, 3.05) is 5.32 Å². The second kappa shape index (κ2) is 6.95. The summed E-state index contributed by atoms with van der Waals surface area (Å²) in [5.74, 6) is 0.436. The Kier molecular flexibility index (Phi) is 4.14. The lowest BCUT2D eigenvalue weighted by Crippen LogP contribution is -2.12. The number of fused-ring (bicyclic) bond motifs is 1. The molecule has 0 fully saturated rings. The van der Waals surface area contributed by atoms with Gasteiger partial charge in [-0.3, -0.25) is 9.89 Å². The number of carbonyl (C=O) groups excluding carboxylic acids is 1. The number of nitrogens with zero attached hydrogens (tertiary/aromatic N) is 5. The van der Waals surface area contributed by atoms with Crippen LogP contribution in [-0.2, 0) is 0 Å². The summed E-state index contributed by atoms with van der Waals surface area (Å²) in [7, 11) is 0. The van der Waals surface area contributed by atoms with Crippen LogP contribution in [0.15, 0.2) is 60.0 Å².